The van der Waals surface area contributed by atoms with Gasteiger partial charge in [0.1, 0.15) is 11.4 Å². The maximum Gasteiger partial charge on any atom is 0.124 e. The van der Waals surface area contributed by atoms with Crippen LogP contribution in [-0.4, -0.2) is 25.4 Å². The summed E-state index contributed by atoms with van der Waals surface area (Å²) in [4.78, 5) is 0. The van der Waals surface area contributed by atoms with Gasteiger partial charge >= 0.3 is 0 Å². The van der Waals surface area contributed by atoms with Crippen molar-refractivity contribution in [1.82, 2.24) is 5.32 Å². The molecule has 3 heteroatoms. The van der Waals surface area contributed by atoms with E-state index in [1.165, 1.54) is 5.56 Å². The van der Waals surface area contributed by atoms with Crippen molar-refractivity contribution in [1.29, 1.82) is 0 Å². The van der Waals surface area contributed by atoms with Crippen LogP contribution in [-0.2, 0) is 0 Å². The van der Waals surface area contributed by atoms with Crippen molar-refractivity contribution < 1.29 is 9.13 Å². The van der Waals surface area contributed by atoms with Crippen LogP contribution < -0.4 is 10.1 Å². The highest BCUT2D eigenvalue weighted by atomic mass is 19.1. The fourth-order valence-corrected chi connectivity index (χ4v) is 3.17. The third kappa shape index (κ3) is 2.37. The van der Waals surface area contributed by atoms with E-state index in [0.29, 0.717) is 31.9 Å². The first kappa shape index (κ1) is 12.0. The normalized spacial score (nSPS) is 31.5. The van der Waals surface area contributed by atoms with Crippen molar-refractivity contribution in [3.63, 3.8) is 0 Å². The zero-order valence-electron chi connectivity index (χ0n) is 10.6. The second-order valence-corrected chi connectivity index (χ2v) is 5.51. The molecule has 1 saturated heterocycles. The molecule has 2 unspecified atom stereocenters. The molecule has 18 heavy (non-hydrogen) atoms. The molecule has 1 aromatic rings. The van der Waals surface area contributed by atoms with Gasteiger partial charge in [-0.15, -0.1) is 0 Å². The molecule has 0 aromatic heterocycles. The van der Waals surface area contributed by atoms with E-state index in [0.717, 1.165) is 25.1 Å². The minimum atomic E-state index is -1.03. The van der Waals surface area contributed by atoms with Gasteiger partial charge in [-0.1, -0.05) is 18.2 Å². The third-order valence-corrected chi connectivity index (χ3v) is 4.12. The molecule has 2 nitrogen and oxygen atoms in total. The molecule has 98 valence electrons. The van der Waals surface area contributed by atoms with Crippen LogP contribution >= 0.6 is 0 Å². The lowest BCUT2D eigenvalue weighted by molar-refractivity contribution is 0.0936. The van der Waals surface area contributed by atoms with E-state index in [2.05, 4.69) is 11.4 Å². The van der Waals surface area contributed by atoms with Gasteiger partial charge in [-0.2, -0.15) is 0 Å². The van der Waals surface area contributed by atoms with Crippen LogP contribution in [0.25, 0.3) is 0 Å². The SMILES string of the molecule is FC1(CC2CCOc3ccccc32)CCCNC1. The number of hydrogen-bond donors (Lipinski definition) is 1. The van der Waals surface area contributed by atoms with E-state index < -0.39 is 5.67 Å². The van der Waals surface area contributed by atoms with Gasteiger partial charge in [-0.3, -0.25) is 0 Å². The second-order valence-electron chi connectivity index (χ2n) is 5.51. The molecular weight excluding hydrogens is 229 g/mol. The van der Waals surface area contributed by atoms with Gasteiger partial charge in [0, 0.05) is 6.54 Å². The number of nitrogens with one attached hydrogen (secondary N) is 1. The molecule has 1 fully saturated rings. The average Bonchev–Trinajstić information content (AvgIpc) is 2.40. The van der Waals surface area contributed by atoms with Crippen LogP contribution in [0.5, 0.6) is 5.75 Å². The van der Waals surface area contributed by atoms with Gasteiger partial charge in [-0.25, -0.2) is 4.39 Å². The number of benzene rings is 1. The summed E-state index contributed by atoms with van der Waals surface area (Å²) in [6.45, 7) is 2.17. The third-order valence-electron chi connectivity index (χ3n) is 4.12. The Bertz CT molecular complexity index is 415. The molecule has 0 amide bonds. The Labute approximate surface area is 108 Å². The lowest BCUT2D eigenvalue weighted by Crippen LogP contribution is -2.43. The molecule has 2 aliphatic rings. The number of fused-ring (bicyclic) bond motifs is 1. The molecule has 3 rings (SSSR count). The molecule has 0 spiro atoms. The van der Waals surface area contributed by atoms with E-state index in [9.17, 15) is 4.39 Å². The van der Waals surface area contributed by atoms with Crippen LogP contribution in [0.2, 0.25) is 0 Å². The summed E-state index contributed by atoms with van der Waals surface area (Å²) >= 11 is 0. The summed E-state index contributed by atoms with van der Waals surface area (Å²) < 4.78 is 20.4. The molecule has 0 bridgehead atoms. The zero-order valence-corrected chi connectivity index (χ0v) is 10.6. The fourth-order valence-electron chi connectivity index (χ4n) is 3.17. The lowest BCUT2D eigenvalue weighted by atomic mass is 9.80. The Morgan fingerprint density at radius 2 is 2.28 bits per heavy atom. The highest BCUT2D eigenvalue weighted by Crippen LogP contribution is 2.40. The highest BCUT2D eigenvalue weighted by Gasteiger charge is 2.36. The molecular formula is C15H20FNO. The number of ether oxygens (including phenoxy) is 1. The maximum atomic E-state index is 14.7. The summed E-state index contributed by atoms with van der Waals surface area (Å²) in [5.74, 6) is 1.25. The van der Waals surface area contributed by atoms with Crippen molar-refractivity contribution in [3.8, 4) is 5.75 Å². The Balaban J connectivity index is 1.77. The van der Waals surface area contributed by atoms with Crippen LogP contribution in [0.3, 0.4) is 0 Å². The van der Waals surface area contributed by atoms with Crippen molar-refractivity contribution >= 4 is 0 Å². The number of halogens is 1. The first-order valence-electron chi connectivity index (χ1n) is 6.88. The Kier molecular flexibility index (Phi) is 3.25. The zero-order chi connectivity index (χ0) is 12.4. The van der Waals surface area contributed by atoms with Crippen molar-refractivity contribution in [2.45, 2.75) is 37.3 Å². The van der Waals surface area contributed by atoms with Gasteiger partial charge in [0.05, 0.1) is 6.61 Å². The van der Waals surface area contributed by atoms with Gasteiger partial charge in [0.15, 0.2) is 0 Å². The van der Waals surface area contributed by atoms with E-state index in [-0.39, 0.29) is 0 Å². The Hall–Kier alpha value is -1.09. The average molecular weight is 249 g/mol. The predicted molar refractivity (Wildman–Crippen MR) is 69.9 cm³/mol. The van der Waals surface area contributed by atoms with Gasteiger partial charge in [-0.05, 0) is 49.8 Å². The number of para-hydroxylation sites is 1. The molecule has 2 aliphatic heterocycles. The minimum Gasteiger partial charge on any atom is -0.493 e. The predicted octanol–water partition coefficient (Wildman–Crippen LogP) is 3.03. The summed E-state index contributed by atoms with van der Waals surface area (Å²) in [6.07, 6.45) is 3.20. The maximum absolute atomic E-state index is 14.7. The molecule has 2 atom stereocenters. The van der Waals surface area contributed by atoms with E-state index in [1.54, 1.807) is 0 Å². The molecule has 1 aromatic carbocycles. The minimum absolute atomic E-state index is 0.305. The van der Waals surface area contributed by atoms with Gasteiger partial charge in [0.25, 0.3) is 0 Å². The van der Waals surface area contributed by atoms with Gasteiger partial charge in [0.2, 0.25) is 0 Å². The molecule has 0 radical (unpaired) electrons. The Morgan fingerprint density at radius 1 is 1.39 bits per heavy atom. The number of rotatable bonds is 2. The quantitative estimate of drug-likeness (QED) is 0.870. The number of hydrogen-bond acceptors (Lipinski definition) is 2. The smallest absolute Gasteiger partial charge is 0.124 e. The first-order chi connectivity index (χ1) is 8.77. The van der Waals surface area contributed by atoms with Crippen molar-refractivity contribution in [2.75, 3.05) is 19.7 Å². The monoisotopic (exact) mass is 249 g/mol. The molecule has 2 heterocycles. The fraction of sp³-hybridized carbons (Fsp3) is 0.600. The summed E-state index contributed by atoms with van der Waals surface area (Å²) in [7, 11) is 0. The highest BCUT2D eigenvalue weighted by molar-refractivity contribution is 5.38. The van der Waals surface area contributed by atoms with E-state index in [1.807, 2.05) is 18.2 Å². The standard InChI is InChI=1S/C15H20FNO/c16-15(7-3-8-17-11-15)10-12-6-9-18-14-5-2-1-4-13(12)14/h1-2,4-5,12,17H,3,6-11H2. The summed E-state index contributed by atoms with van der Waals surface area (Å²) in [5, 5.41) is 3.18. The van der Waals surface area contributed by atoms with E-state index >= 15 is 0 Å². The van der Waals surface area contributed by atoms with E-state index in [4.69, 9.17) is 4.74 Å². The molecule has 1 N–H and O–H groups in total. The van der Waals surface area contributed by atoms with Crippen LogP contribution in [0.15, 0.2) is 24.3 Å². The topological polar surface area (TPSA) is 21.3 Å². The summed E-state index contributed by atoms with van der Waals surface area (Å²) in [6, 6.07) is 8.07. The van der Waals surface area contributed by atoms with Crippen LogP contribution in [0.1, 0.15) is 37.2 Å². The first-order valence-corrected chi connectivity index (χ1v) is 6.88. The van der Waals surface area contributed by atoms with Crippen molar-refractivity contribution in [3.05, 3.63) is 29.8 Å². The van der Waals surface area contributed by atoms with Crippen LogP contribution in [0.4, 0.5) is 4.39 Å². The molecule has 0 aliphatic carbocycles. The second kappa shape index (κ2) is 4.88. The molecule has 0 saturated carbocycles. The number of alkyl halides is 1. The largest absolute Gasteiger partial charge is 0.493 e. The number of piperidine rings is 1. The van der Waals surface area contributed by atoms with Gasteiger partial charge < -0.3 is 10.1 Å². The summed E-state index contributed by atoms with van der Waals surface area (Å²) in [5.41, 5.74) is 0.152. The van der Waals surface area contributed by atoms with Crippen molar-refractivity contribution in [2.24, 2.45) is 0 Å². The van der Waals surface area contributed by atoms with Crippen LogP contribution in [0, 0.1) is 0 Å². The Morgan fingerprint density at radius 3 is 3.11 bits per heavy atom. The lowest BCUT2D eigenvalue weighted by Gasteiger charge is -2.35.